The summed E-state index contributed by atoms with van der Waals surface area (Å²) in [6, 6.07) is 5.29. The Balaban J connectivity index is 2.12. The van der Waals surface area contributed by atoms with Gasteiger partial charge in [0.15, 0.2) is 11.5 Å². The first-order valence-electron chi connectivity index (χ1n) is 6.78. The molecule has 0 aromatic heterocycles. The SMILES string of the molecule is CN(CC(C)(C)CN)C(=O)c1ccc2c(c1)OCCO2. The van der Waals surface area contributed by atoms with Crippen LogP contribution < -0.4 is 15.2 Å². The van der Waals surface area contributed by atoms with Gasteiger partial charge in [0.05, 0.1) is 0 Å². The number of nitrogens with two attached hydrogens (primary N) is 1. The van der Waals surface area contributed by atoms with Crippen LogP contribution in [0, 0.1) is 5.41 Å². The molecule has 1 aliphatic rings. The molecule has 0 unspecified atom stereocenters. The molecular formula is C15H22N2O3. The van der Waals surface area contributed by atoms with Crippen molar-refractivity contribution in [3.8, 4) is 11.5 Å². The van der Waals surface area contributed by atoms with E-state index >= 15 is 0 Å². The molecule has 0 aliphatic carbocycles. The number of hydrogen-bond donors (Lipinski definition) is 1. The summed E-state index contributed by atoms with van der Waals surface area (Å²) in [5, 5.41) is 0. The molecule has 2 rings (SSSR count). The summed E-state index contributed by atoms with van der Waals surface area (Å²) in [5.41, 5.74) is 6.21. The number of nitrogens with zero attached hydrogens (tertiary/aromatic N) is 1. The maximum Gasteiger partial charge on any atom is 0.253 e. The molecule has 0 spiro atoms. The van der Waals surface area contributed by atoms with Gasteiger partial charge in [-0.05, 0) is 30.2 Å². The molecule has 0 radical (unpaired) electrons. The van der Waals surface area contributed by atoms with Crippen molar-refractivity contribution in [2.45, 2.75) is 13.8 Å². The van der Waals surface area contributed by atoms with Crippen molar-refractivity contribution in [3.05, 3.63) is 23.8 Å². The smallest absolute Gasteiger partial charge is 0.253 e. The van der Waals surface area contributed by atoms with Crippen molar-refractivity contribution in [1.82, 2.24) is 4.90 Å². The summed E-state index contributed by atoms with van der Waals surface area (Å²) in [5.74, 6) is 1.29. The Morgan fingerprint density at radius 3 is 2.60 bits per heavy atom. The monoisotopic (exact) mass is 278 g/mol. The van der Waals surface area contributed by atoms with Crippen molar-refractivity contribution in [3.63, 3.8) is 0 Å². The Hall–Kier alpha value is -1.75. The third kappa shape index (κ3) is 3.22. The van der Waals surface area contributed by atoms with Crippen LogP contribution in [0.25, 0.3) is 0 Å². The fourth-order valence-corrected chi connectivity index (χ4v) is 2.18. The maximum atomic E-state index is 12.4. The average Bonchev–Trinajstić information content (AvgIpc) is 2.45. The van der Waals surface area contributed by atoms with Crippen LogP contribution in [-0.4, -0.2) is 44.2 Å². The van der Waals surface area contributed by atoms with E-state index in [0.717, 1.165) is 0 Å². The lowest BCUT2D eigenvalue weighted by Gasteiger charge is -2.29. The zero-order valence-electron chi connectivity index (χ0n) is 12.3. The molecule has 1 aromatic rings. The molecule has 2 N–H and O–H groups in total. The van der Waals surface area contributed by atoms with Gasteiger partial charge in [-0.3, -0.25) is 4.79 Å². The van der Waals surface area contributed by atoms with Gasteiger partial charge in [-0.2, -0.15) is 0 Å². The number of hydrogen-bond acceptors (Lipinski definition) is 4. The van der Waals surface area contributed by atoms with Crippen LogP contribution in [0.5, 0.6) is 11.5 Å². The largest absolute Gasteiger partial charge is 0.486 e. The first-order chi connectivity index (χ1) is 9.43. The van der Waals surface area contributed by atoms with Gasteiger partial charge in [0, 0.05) is 19.2 Å². The Kier molecular flexibility index (Phi) is 4.18. The zero-order chi connectivity index (χ0) is 14.8. The van der Waals surface area contributed by atoms with Crippen molar-refractivity contribution >= 4 is 5.91 Å². The van der Waals surface area contributed by atoms with Crippen LogP contribution in [0.1, 0.15) is 24.2 Å². The van der Waals surface area contributed by atoms with Crippen molar-refractivity contribution in [2.75, 3.05) is 33.4 Å². The van der Waals surface area contributed by atoms with E-state index in [1.807, 2.05) is 13.8 Å². The molecule has 0 atom stereocenters. The van der Waals surface area contributed by atoms with E-state index in [4.69, 9.17) is 15.2 Å². The zero-order valence-corrected chi connectivity index (χ0v) is 12.3. The van der Waals surface area contributed by atoms with E-state index in [9.17, 15) is 4.79 Å². The number of ether oxygens (including phenoxy) is 2. The molecule has 1 heterocycles. The van der Waals surface area contributed by atoms with Crippen molar-refractivity contribution in [1.29, 1.82) is 0 Å². The van der Waals surface area contributed by atoms with Crippen LogP contribution >= 0.6 is 0 Å². The summed E-state index contributed by atoms with van der Waals surface area (Å²) in [6.45, 7) is 6.29. The molecule has 1 amide bonds. The summed E-state index contributed by atoms with van der Waals surface area (Å²) in [4.78, 5) is 14.1. The molecule has 1 aromatic carbocycles. The summed E-state index contributed by atoms with van der Waals surface area (Å²) in [6.07, 6.45) is 0. The Labute approximate surface area is 119 Å². The summed E-state index contributed by atoms with van der Waals surface area (Å²) in [7, 11) is 1.79. The van der Waals surface area contributed by atoms with Crippen molar-refractivity contribution < 1.29 is 14.3 Å². The molecule has 0 saturated carbocycles. The first kappa shape index (κ1) is 14.7. The van der Waals surface area contributed by atoms with Gasteiger partial charge in [-0.25, -0.2) is 0 Å². The summed E-state index contributed by atoms with van der Waals surface area (Å²) >= 11 is 0. The Morgan fingerprint density at radius 2 is 1.95 bits per heavy atom. The highest BCUT2D eigenvalue weighted by atomic mass is 16.6. The van der Waals surface area contributed by atoms with Gasteiger partial charge in [-0.15, -0.1) is 0 Å². The fourth-order valence-electron chi connectivity index (χ4n) is 2.18. The number of carbonyl (C=O) groups excluding carboxylic acids is 1. The highest BCUT2D eigenvalue weighted by Gasteiger charge is 2.23. The average molecular weight is 278 g/mol. The lowest BCUT2D eigenvalue weighted by molar-refractivity contribution is 0.0739. The molecule has 5 heteroatoms. The van der Waals surface area contributed by atoms with E-state index in [2.05, 4.69) is 0 Å². The third-order valence-corrected chi connectivity index (χ3v) is 3.35. The number of carbonyl (C=O) groups is 1. The van der Waals surface area contributed by atoms with E-state index in [1.54, 1.807) is 30.1 Å². The van der Waals surface area contributed by atoms with Gasteiger partial charge < -0.3 is 20.1 Å². The van der Waals surface area contributed by atoms with Gasteiger partial charge in [0.2, 0.25) is 0 Å². The third-order valence-electron chi connectivity index (χ3n) is 3.35. The lowest BCUT2D eigenvalue weighted by atomic mass is 9.93. The van der Waals surface area contributed by atoms with E-state index in [1.165, 1.54) is 0 Å². The molecule has 0 saturated heterocycles. The molecule has 0 bridgehead atoms. The number of benzene rings is 1. The standard InChI is InChI=1S/C15H22N2O3/c1-15(2,9-16)10-17(3)14(18)11-4-5-12-13(8-11)20-7-6-19-12/h4-5,8H,6-7,9-10,16H2,1-3H3. The molecule has 20 heavy (non-hydrogen) atoms. The Bertz CT molecular complexity index is 500. The van der Waals surface area contributed by atoms with Crippen LogP contribution in [0.3, 0.4) is 0 Å². The van der Waals surface area contributed by atoms with Gasteiger partial charge in [0.1, 0.15) is 13.2 Å². The van der Waals surface area contributed by atoms with Gasteiger partial charge in [-0.1, -0.05) is 13.8 Å². The van der Waals surface area contributed by atoms with Gasteiger partial charge >= 0.3 is 0 Å². The fraction of sp³-hybridized carbons (Fsp3) is 0.533. The predicted molar refractivity (Wildman–Crippen MR) is 77.2 cm³/mol. The number of rotatable bonds is 4. The topological polar surface area (TPSA) is 64.8 Å². The lowest BCUT2D eigenvalue weighted by Crippen LogP contribution is -2.39. The van der Waals surface area contributed by atoms with Crippen LogP contribution in [0.15, 0.2) is 18.2 Å². The normalized spacial score (nSPS) is 14.0. The van der Waals surface area contributed by atoms with E-state index in [-0.39, 0.29) is 11.3 Å². The molecule has 0 fully saturated rings. The Morgan fingerprint density at radius 1 is 1.30 bits per heavy atom. The highest BCUT2D eigenvalue weighted by Crippen LogP contribution is 2.31. The second-order valence-electron chi connectivity index (χ2n) is 5.89. The molecular weight excluding hydrogens is 256 g/mol. The quantitative estimate of drug-likeness (QED) is 0.907. The highest BCUT2D eigenvalue weighted by molar-refractivity contribution is 5.94. The van der Waals surface area contributed by atoms with Crippen LogP contribution in [0.2, 0.25) is 0 Å². The molecule has 5 nitrogen and oxygen atoms in total. The second-order valence-corrected chi connectivity index (χ2v) is 5.89. The minimum Gasteiger partial charge on any atom is -0.486 e. The minimum atomic E-state index is -0.0990. The minimum absolute atomic E-state index is 0.0384. The predicted octanol–water partition coefficient (Wildman–Crippen LogP) is 1.51. The van der Waals surface area contributed by atoms with Crippen LogP contribution in [0.4, 0.5) is 0 Å². The van der Waals surface area contributed by atoms with E-state index < -0.39 is 0 Å². The first-order valence-corrected chi connectivity index (χ1v) is 6.78. The van der Waals surface area contributed by atoms with E-state index in [0.29, 0.717) is 43.4 Å². The number of amides is 1. The second kappa shape index (κ2) is 5.71. The molecule has 1 aliphatic heterocycles. The van der Waals surface area contributed by atoms with Gasteiger partial charge in [0.25, 0.3) is 5.91 Å². The number of fused-ring (bicyclic) bond motifs is 1. The molecule has 110 valence electrons. The summed E-state index contributed by atoms with van der Waals surface area (Å²) < 4.78 is 11.0. The van der Waals surface area contributed by atoms with Crippen LogP contribution in [-0.2, 0) is 0 Å². The van der Waals surface area contributed by atoms with Crippen molar-refractivity contribution in [2.24, 2.45) is 11.1 Å². The maximum absolute atomic E-state index is 12.4.